The van der Waals surface area contributed by atoms with E-state index in [1.54, 1.807) is 0 Å². The summed E-state index contributed by atoms with van der Waals surface area (Å²) in [4.78, 5) is 0. The van der Waals surface area contributed by atoms with Gasteiger partial charge in [-0.1, -0.05) is 38.3 Å². The Morgan fingerprint density at radius 1 is 1.25 bits per heavy atom. The predicted octanol–water partition coefficient (Wildman–Crippen LogP) is 3.83. The maximum absolute atomic E-state index is 5.95. The molecule has 2 heteroatoms. The fraction of sp³-hybridized carbons (Fsp3) is 0.571. The van der Waals surface area contributed by atoms with E-state index < -0.39 is 0 Å². The molecule has 1 aliphatic rings. The highest BCUT2D eigenvalue weighted by molar-refractivity contribution is 5.57. The van der Waals surface area contributed by atoms with Gasteiger partial charge in [-0.2, -0.15) is 0 Å². The average molecular weight is 219 g/mol. The smallest absolute Gasteiger partial charge is 0.142 e. The largest absolute Gasteiger partial charge is 0.486 e. The van der Waals surface area contributed by atoms with Crippen molar-refractivity contribution < 1.29 is 4.74 Å². The van der Waals surface area contributed by atoms with Crippen molar-refractivity contribution in [3.8, 4) is 5.75 Å². The third-order valence-corrected chi connectivity index (χ3v) is 3.08. The highest BCUT2D eigenvalue weighted by Gasteiger charge is 2.17. The van der Waals surface area contributed by atoms with Crippen LogP contribution in [0.3, 0.4) is 0 Å². The van der Waals surface area contributed by atoms with Crippen molar-refractivity contribution in [3.05, 3.63) is 24.3 Å². The first-order chi connectivity index (χ1) is 7.90. The van der Waals surface area contributed by atoms with Gasteiger partial charge in [0.2, 0.25) is 0 Å². The monoisotopic (exact) mass is 219 g/mol. The average Bonchev–Trinajstić information content (AvgIpc) is 2.34. The molecule has 0 spiro atoms. The lowest BCUT2D eigenvalue weighted by Crippen LogP contribution is -2.30. The third-order valence-electron chi connectivity index (χ3n) is 3.08. The molecular formula is C14H21NO. The van der Waals surface area contributed by atoms with E-state index in [9.17, 15) is 0 Å². The molecule has 16 heavy (non-hydrogen) atoms. The molecule has 0 aliphatic carbocycles. The molecule has 1 aromatic carbocycles. The second kappa shape index (κ2) is 5.78. The van der Waals surface area contributed by atoms with Crippen molar-refractivity contribution in [2.45, 2.75) is 45.1 Å². The number of para-hydroxylation sites is 2. The minimum absolute atomic E-state index is 0.353. The van der Waals surface area contributed by atoms with E-state index >= 15 is 0 Å². The van der Waals surface area contributed by atoms with Crippen LogP contribution >= 0.6 is 0 Å². The predicted molar refractivity (Wildman–Crippen MR) is 68.1 cm³/mol. The molecular weight excluding hydrogens is 198 g/mol. The molecule has 0 amide bonds. The second-order valence-corrected chi connectivity index (χ2v) is 4.47. The van der Waals surface area contributed by atoms with Gasteiger partial charge in [0, 0.05) is 0 Å². The molecule has 1 unspecified atom stereocenters. The molecule has 0 saturated heterocycles. The summed E-state index contributed by atoms with van der Waals surface area (Å²) in [5.74, 6) is 1.01. The standard InChI is InChI=1S/C14H21NO/c1-2-3-4-5-8-12-11-15-13-9-6-7-10-14(13)16-12/h6-7,9-10,12,15H,2-5,8,11H2,1H3. The molecule has 0 fully saturated rings. The Balaban J connectivity index is 1.79. The van der Waals surface area contributed by atoms with Crippen molar-refractivity contribution in [1.29, 1.82) is 0 Å². The minimum atomic E-state index is 0.353. The number of benzene rings is 1. The molecule has 88 valence electrons. The van der Waals surface area contributed by atoms with Gasteiger partial charge in [-0.3, -0.25) is 0 Å². The fourth-order valence-electron chi connectivity index (χ4n) is 2.12. The first kappa shape index (κ1) is 11.3. The van der Waals surface area contributed by atoms with E-state index in [0.717, 1.165) is 18.0 Å². The van der Waals surface area contributed by atoms with Crippen LogP contribution in [0.4, 0.5) is 5.69 Å². The summed E-state index contributed by atoms with van der Waals surface area (Å²) in [6.07, 6.45) is 6.78. The van der Waals surface area contributed by atoms with Gasteiger partial charge in [0.25, 0.3) is 0 Å². The Morgan fingerprint density at radius 3 is 3.00 bits per heavy atom. The van der Waals surface area contributed by atoms with E-state index in [4.69, 9.17) is 4.74 Å². The first-order valence-electron chi connectivity index (χ1n) is 6.39. The van der Waals surface area contributed by atoms with Crippen LogP contribution in [0.1, 0.15) is 39.0 Å². The quantitative estimate of drug-likeness (QED) is 0.760. The van der Waals surface area contributed by atoms with Crippen LogP contribution in [0.5, 0.6) is 5.75 Å². The number of unbranched alkanes of at least 4 members (excludes halogenated alkanes) is 3. The Bertz CT molecular complexity index is 324. The van der Waals surface area contributed by atoms with Crippen LogP contribution in [0.25, 0.3) is 0 Å². The number of hydrogen-bond donors (Lipinski definition) is 1. The number of fused-ring (bicyclic) bond motifs is 1. The number of rotatable bonds is 5. The van der Waals surface area contributed by atoms with Gasteiger partial charge < -0.3 is 10.1 Å². The molecule has 0 saturated carbocycles. The molecule has 1 aliphatic heterocycles. The van der Waals surface area contributed by atoms with Crippen LogP contribution in [-0.4, -0.2) is 12.6 Å². The molecule has 1 atom stereocenters. The zero-order valence-corrected chi connectivity index (χ0v) is 10.0. The Labute approximate surface area is 98.0 Å². The summed E-state index contributed by atoms with van der Waals surface area (Å²) in [5.41, 5.74) is 1.13. The van der Waals surface area contributed by atoms with Crippen molar-refractivity contribution >= 4 is 5.69 Å². The molecule has 0 bridgehead atoms. The van der Waals surface area contributed by atoms with Crippen LogP contribution in [0.15, 0.2) is 24.3 Å². The van der Waals surface area contributed by atoms with Crippen LogP contribution in [0.2, 0.25) is 0 Å². The maximum Gasteiger partial charge on any atom is 0.142 e. The van der Waals surface area contributed by atoms with Gasteiger partial charge in [0.05, 0.1) is 12.2 Å². The summed E-state index contributed by atoms with van der Waals surface area (Å²) in [7, 11) is 0. The van der Waals surface area contributed by atoms with Crippen molar-refractivity contribution in [2.24, 2.45) is 0 Å². The topological polar surface area (TPSA) is 21.3 Å². The van der Waals surface area contributed by atoms with Gasteiger partial charge in [0.15, 0.2) is 0 Å². The van der Waals surface area contributed by atoms with E-state index in [2.05, 4.69) is 18.3 Å². The van der Waals surface area contributed by atoms with Crippen LogP contribution in [0, 0.1) is 0 Å². The van der Waals surface area contributed by atoms with E-state index in [0.29, 0.717) is 6.10 Å². The van der Waals surface area contributed by atoms with Gasteiger partial charge in [-0.15, -0.1) is 0 Å². The summed E-state index contributed by atoms with van der Waals surface area (Å²) in [6.45, 7) is 3.19. The minimum Gasteiger partial charge on any atom is -0.486 e. The Kier molecular flexibility index (Phi) is 4.09. The van der Waals surface area contributed by atoms with Crippen LogP contribution < -0.4 is 10.1 Å². The lowest BCUT2D eigenvalue weighted by Gasteiger charge is -2.27. The van der Waals surface area contributed by atoms with E-state index in [1.165, 1.54) is 32.1 Å². The second-order valence-electron chi connectivity index (χ2n) is 4.47. The van der Waals surface area contributed by atoms with Crippen LogP contribution in [-0.2, 0) is 0 Å². The number of nitrogens with one attached hydrogen (secondary N) is 1. The van der Waals surface area contributed by atoms with Gasteiger partial charge in [0.1, 0.15) is 11.9 Å². The van der Waals surface area contributed by atoms with Crippen molar-refractivity contribution in [1.82, 2.24) is 0 Å². The van der Waals surface area contributed by atoms with E-state index in [1.807, 2.05) is 18.2 Å². The molecule has 1 aromatic rings. The summed E-state index contributed by atoms with van der Waals surface area (Å²) in [6, 6.07) is 8.18. The summed E-state index contributed by atoms with van der Waals surface area (Å²) >= 11 is 0. The molecule has 0 radical (unpaired) electrons. The highest BCUT2D eigenvalue weighted by Crippen LogP contribution is 2.29. The van der Waals surface area contributed by atoms with Gasteiger partial charge in [-0.25, -0.2) is 0 Å². The Hall–Kier alpha value is -1.18. The lowest BCUT2D eigenvalue weighted by atomic mass is 10.1. The maximum atomic E-state index is 5.95. The van der Waals surface area contributed by atoms with E-state index in [-0.39, 0.29) is 0 Å². The molecule has 0 aromatic heterocycles. The van der Waals surface area contributed by atoms with Gasteiger partial charge in [-0.05, 0) is 25.0 Å². The number of anilines is 1. The Morgan fingerprint density at radius 2 is 2.12 bits per heavy atom. The molecule has 2 rings (SSSR count). The summed E-state index contributed by atoms with van der Waals surface area (Å²) < 4.78 is 5.95. The van der Waals surface area contributed by atoms with Gasteiger partial charge >= 0.3 is 0 Å². The van der Waals surface area contributed by atoms with Crippen molar-refractivity contribution in [3.63, 3.8) is 0 Å². The SMILES string of the molecule is CCCCCCC1CNc2ccccc2O1. The highest BCUT2D eigenvalue weighted by atomic mass is 16.5. The fourth-order valence-corrected chi connectivity index (χ4v) is 2.12. The first-order valence-corrected chi connectivity index (χ1v) is 6.39. The lowest BCUT2D eigenvalue weighted by molar-refractivity contribution is 0.191. The zero-order chi connectivity index (χ0) is 11.2. The normalized spacial score (nSPS) is 18.4. The zero-order valence-electron chi connectivity index (χ0n) is 10.0. The third kappa shape index (κ3) is 2.91. The summed E-state index contributed by atoms with van der Waals surface area (Å²) in [5, 5.41) is 3.43. The molecule has 1 heterocycles. The number of ether oxygens (including phenoxy) is 1. The molecule has 2 nitrogen and oxygen atoms in total. The number of hydrogen-bond acceptors (Lipinski definition) is 2. The molecule has 1 N–H and O–H groups in total. The van der Waals surface area contributed by atoms with Crippen molar-refractivity contribution in [2.75, 3.05) is 11.9 Å².